The molecular weight excluding hydrogens is 731 g/mol. The van der Waals surface area contributed by atoms with Crippen molar-refractivity contribution < 1.29 is 39.6 Å². The topological polar surface area (TPSA) is 156 Å². The number of benzene rings is 2. The molecule has 0 bridgehead atoms. The van der Waals surface area contributed by atoms with Crippen molar-refractivity contribution in [2.24, 2.45) is 11.8 Å². The van der Waals surface area contributed by atoms with Crippen LogP contribution in [0.5, 0.6) is 0 Å². The van der Waals surface area contributed by atoms with Crippen molar-refractivity contribution in [1.29, 1.82) is 0 Å². The lowest BCUT2D eigenvalue weighted by molar-refractivity contribution is -0.134. The first kappa shape index (κ1) is 48.3. The first-order valence-electron chi connectivity index (χ1n) is 18.3. The van der Waals surface area contributed by atoms with Gasteiger partial charge in [-0.05, 0) is 114 Å². The van der Waals surface area contributed by atoms with E-state index in [1.54, 1.807) is 0 Å². The maximum Gasteiger partial charge on any atom is 0.328 e. The van der Waals surface area contributed by atoms with Crippen LogP contribution in [0.25, 0.3) is 0 Å². The summed E-state index contributed by atoms with van der Waals surface area (Å²) >= 11 is 12.1. The summed E-state index contributed by atoms with van der Waals surface area (Å²) in [6, 6.07) is 18.4. The quantitative estimate of drug-likeness (QED) is 0.136. The van der Waals surface area contributed by atoms with Crippen molar-refractivity contribution in [2.75, 3.05) is 28.2 Å². The zero-order valence-electron chi connectivity index (χ0n) is 33.0. The molecule has 4 N–H and O–H groups in total. The van der Waals surface area contributed by atoms with Crippen molar-refractivity contribution in [3.8, 4) is 0 Å². The standard InChI is InChI=1S/2C17H26ClN.2C4H4O4/c2*1-13(2)12-16(19(3)4)17(10-5-11-17)14-6-8-15(18)9-7-14;2*5-3(6)1-2-4(7)8/h2*6-9,13,16H,5,10-12H2,1-4H3;2*1-2H,(H,5,6)(H,7,8)/b;;2-1+;2-1-. The number of rotatable bonds is 14. The molecule has 4 rings (SSSR count). The predicted molar refractivity (Wildman–Crippen MR) is 217 cm³/mol. The monoisotopic (exact) mass is 790 g/mol. The lowest BCUT2D eigenvalue weighted by atomic mass is 9.58. The van der Waals surface area contributed by atoms with E-state index in [2.05, 4.69) is 90.0 Å². The zero-order chi connectivity index (χ0) is 41.2. The van der Waals surface area contributed by atoms with Gasteiger partial charge in [-0.3, -0.25) is 0 Å². The summed E-state index contributed by atoms with van der Waals surface area (Å²) in [7, 11) is 8.90. The van der Waals surface area contributed by atoms with Crippen LogP contribution in [0.15, 0.2) is 72.8 Å². The molecule has 2 atom stereocenters. The number of hydrogen-bond donors (Lipinski definition) is 4. The molecule has 2 unspecified atom stereocenters. The van der Waals surface area contributed by atoms with E-state index in [4.69, 9.17) is 43.6 Å². The molecule has 2 aliphatic carbocycles. The SMILES string of the molecule is CC(C)CC(N(C)C)C1(c2ccc(Cl)cc2)CCC1.CC(C)CC(N(C)C)C1(c2ccc(Cl)cc2)CCC1.O=C(O)/C=C/C(=O)O.O=C(O)/C=C\C(=O)O. The fourth-order valence-electron chi connectivity index (χ4n) is 7.35. The van der Waals surface area contributed by atoms with Gasteiger partial charge in [-0.15, -0.1) is 0 Å². The van der Waals surface area contributed by atoms with Crippen LogP contribution in [0.2, 0.25) is 10.0 Å². The Bertz CT molecular complexity index is 1380. The number of nitrogens with zero attached hydrogens (tertiary/aromatic N) is 2. The Balaban J connectivity index is 0.000000391. The van der Waals surface area contributed by atoms with Crippen LogP contribution in [0.3, 0.4) is 0 Å². The minimum atomic E-state index is -1.26. The largest absolute Gasteiger partial charge is 0.478 e. The van der Waals surface area contributed by atoms with E-state index >= 15 is 0 Å². The fourth-order valence-corrected chi connectivity index (χ4v) is 7.60. The molecule has 10 nitrogen and oxygen atoms in total. The van der Waals surface area contributed by atoms with Gasteiger partial charge in [0, 0.05) is 57.3 Å². The number of hydrogen-bond acceptors (Lipinski definition) is 6. The van der Waals surface area contributed by atoms with Gasteiger partial charge in [0.05, 0.1) is 0 Å². The number of carboxylic acids is 4. The Morgan fingerprint density at radius 3 is 0.944 bits per heavy atom. The molecule has 0 radical (unpaired) electrons. The molecule has 0 spiro atoms. The number of halogens is 2. The molecule has 0 saturated heterocycles. The van der Waals surface area contributed by atoms with E-state index in [-0.39, 0.29) is 0 Å². The summed E-state index contributed by atoms with van der Waals surface area (Å²) in [5.41, 5.74) is 3.64. The summed E-state index contributed by atoms with van der Waals surface area (Å²) in [5, 5.41) is 32.9. The molecule has 54 heavy (non-hydrogen) atoms. The lowest BCUT2D eigenvalue weighted by Gasteiger charge is -2.51. The highest BCUT2D eigenvalue weighted by Crippen LogP contribution is 2.50. The maximum absolute atomic E-state index is 9.55. The summed E-state index contributed by atoms with van der Waals surface area (Å²) in [6.07, 6.45) is 12.7. The second-order valence-electron chi connectivity index (χ2n) is 15.3. The number of likely N-dealkylation sites (N-methyl/N-ethyl adjacent to an activating group) is 2. The van der Waals surface area contributed by atoms with E-state index in [0.29, 0.717) is 47.2 Å². The van der Waals surface area contributed by atoms with Crippen LogP contribution in [0, 0.1) is 11.8 Å². The average molecular weight is 792 g/mol. The smallest absolute Gasteiger partial charge is 0.328 e. The predicted octanol–water partition coefficient (Wildman–Crippen LogP) is 8.90. The molecule has 2 saturated carbocycles. The fraction of sp³-hybridized carbons (Fsp3) is 0.524. The summed E-state index contributed by atoms with van der Waals surface area (Å²) < 4.78 is 0. The lowest BCUT2D eigenvalue weighted by Crippen LogP contribution is -2.52. The molecule has 0 heterocycles. The number of carboxylic acid groups (broad SMARTS) is 4. The summed E-state index contributed by atoms with van der Waals surface area (Å²) in [4.78, 5) is 43.1. The van der Waals surface area contributed by atoms with Gasteiger partial charge < -0.3 is 30.2 Å². The molecule has 2 aromatic rings. The molecule has 2 fully saturated rings. The third kappa shape index (κ3) is 16.0. The average Bonchev–Trinajstić information content (AvgIpc) is 3.03. The van der Waals surface area contributed by atoms with E-state index in [9.17, 15) is 19.2 Å². The third-order valence-corrected chi connectivity index (χ3v) is 10.5. The Hall–Kier alpha value is -3.70. The van der Waals surface area contributed by atoms with Crippen LogP contribution in [-0.2, 0) is 30.0 Å². The van der Waals surface area contributed by atoms with Gasteiger partial charge in [-0.2, -0.15) is 0 Å². The van der Waals surface area contributed by atoms with Gasteiger partial charge in [0.15, 0.2) is 0 Å². The molecule has 2 aliphatic rings. The number of aliphatic carboxylic acids is 4. The van der Waals surface area contributed by atoms with Crippen molar-refractivity contribution in [3.05, 3.63) is 94.0 Å². The normalized spacial score (nSPS) is 16.6. The van der Waals surface area contributed by atoms with Crippen molar-refractivity contribution in [1.82, 2.24) is 9.80 Å². The minimum absolute atomic E-state index is 0.346. The van der Waals surface area contributed by atoms with Crippen molar-refractivity contribution in [3.63, 3.8) is 0 Å². The second kappa shape index (κ2) is 23.3. The third-order valence-electron chi connectivity index (χ3n) is 9.98. The van der Waals surface area contributed by atoms with Crippen LogP contribution < -0.4 is 0 Å². The van der Waals surface area contributed by atoms with Crippen LogP contribution in [0.1, 0.15) is 90.2 Å². The zero-order valence-corrected chi connectivity index (χ0v) is 34.5. The summed E-state index contributed by atoms with van der Waals surface area (Å²) in [6.45, 7) is 9.30. The first-order valence-corrected chi connectivity index (χ1v) is 19.0. The Morgan fingerprint density at radius 1 is 0.556 bits per heavy atom. The van der Waals surface area contributed by atoms with Gasteiger partial charge in [-0.1, -0.05) is 88.0 Å². The molecule has 0 aliphatic heterocycles. The van der Waals surface area contributed by atoms with Gasteiger partial charge in [0.1, 0.15) is 0 Å². The van der Waals surface area contributed by atoms with Gasteiger partial charge >= 0.3 is 23.9 Å². The van der Waals surface area contributed by atoms with Crippen LogP contribution in [-0.4, -0.2) is 94.4 Å². The van der Waals surface area contributed by atoms with Crippen molar-refractivity contribution >= 4 is 47.1 Å². The van der Waals surface area contributed by atoms with E-state index < -0.39 is 23.9 Å². The molecule has 0 aromatic heterocycles. The van der Waals surface area contributed by atoms with Crippen LogP contribution >= 0.6 is 23.2 Å². The first-order chi connectivity index (χ1) is 25.2. The van der Waals surface area contributed by atoms with Gasteiger partial charge in [-0.25, -0.2) is 19.2 Å². The molecule has 0 amide bonds. The highest BCUT2D eigenvalue weighted by atomic mass is 35.5. The number of carbonyl (C=O) groups is 4. The molecule has 12 heteroatoms. The van der Waals surface area contributed by atoms with Crippen molar-refractivity contribution in [2.45, 2.75) is 102 Å². The highest BCUT2D eigenvalue weighted by Gasteiger charge is 2.47. The molecular formula is C42H60Cl2N2O8. The Morgan fingerprint density at radius 2 is 0.796 bits per heavy atom. The van der Waals surface area contributed by atoms with E-state index in [1.165, 1.54) is 62.5 Å². The van der Waals surface area contributed by atoms with Gasteiger partial charge in [0.2, 0.25) is 0 Å². The second-order valence-corrected chi connectivity index (χ2v) is 16.1. The Labute approximate surface area is 331 Å². The maximum atomic E-state index is 9.55. The van der Waals surface area contributed by atoms with Crippen LogP contribution in [0.4, 0.5) is 0 Å². The molecule has 300 valence electrons. The van der Waals surface area contributed by atoms with E-state index in [0.717, 1.165) is 21.9 Å². The molecule has 2 aromatic carbocycles. The van der Waals surface area contributed by atoms with E-state index in [1.807, 2.05) is 24.3 Å². The Kier molecular flexibility index (Phi) is 20.8. The van der Waals surface area contributed by atoms with Gasteiger partial charge in [0.25, 0.3) is 0 Å². The summed E-state index contributed by atoms with van der Waals surface area (Å²) in [5.74, 6) is -3.56. The minimum Gasteiger partial charge on any atom is -0.478 e. The highest BCUT2D eigenvalue weighted by molar-refractivity contribution is 6.30.